The number of amides is 2. The van der Waals surface area contributed by atoms with Gasteiger partial charge in [0.05, 0.1) is 23.2 Å². The van der Waals surface area contributed by atoms with E-state index in [4.69, 9.17) is 11.6 Å². The zero-order valence-electron chi connectivity index (χ0n) is 20.7. The third-order valence-corrected chi connectivity index (χ3v) is 5.86. The van der Waals surface area contributed by atoms with Gasteiger partial charge in [0, 0.05) is 25.2 Å². The molecule has 3 rings (SSSR count). The van der Waals surface area contributed by atoms with Crippen LogP contribution in [-0.4, -0.2) is 47.5 Å². The van der Waals surface area contributed by atoms with Crippen LogP contribution in [0.25, 0.3) is 0 Å². The Kier molecular flexibility index (Phi) is 10.0. The number of alkyl halides is 7. The Labute approximate surface area is 233 Å². The molecule has 2 atom stereocenters. The number of benzene rings is 2. The Hall–Kier alpha value is -3.65. The summed E-state index contributed by atoms with van der Waals surface area (Å²) in [6, 6.07) is 11.6. The molecule has 6 nitrogen and oxygen atoms in total. The van der Waals surface area contributed by atoms with Crippen molar-refractivity contribution in [2.45, 2.75) is 43.2 Å². The van der Waals surface area contributed by atoms with Crippen LogP contribution in [0.4, 0.5) is 39.9 Å². The summed E-state index contributed by atoms with van der Waals surface area (Å²) in [6.45, 7) is -0.848. The molecule has 1 aromatic heterocycles. The minimum atomic E-state index is -4.99. The Morgan fingerprint density at radius 2 is 1.71 bits per heavy atom. The molecular formula is C26H22ClF8N3O3. The molecule has 41 heavy (non-hydrogen) atoms. The number of aromatic nitrogens is 1. The lowest BCUT2D eigenvalue weighted by molar-refractivity contribution is -0.253. The quantitative estimate of drug-likeness (QED) is 0.225. The normalized spacial score (nSPS) is 14.3. The summed E-state index contributed by atoms with van der Waals surface area (Å²) in [7, 11) is 0. The zero-order valence-corrected chi connectivity index (χ0v) is 21.5. The maximum absolute atomic E-state index is 14.8. The van der Waals surface area contributed by atoms with Crippen LogP contribution in [-0.2, 0) is 12.0 Å². The summed E-state index contributed by atoms with van der Waals surface area (Å²) in [6.07, 6.45) is -16.7. The number of nitrogens with one attached hydrogen (secondary N) is 2. The number of rotatable bonds is 11. The predicted molar refractivity (Wildman–Crippen MR) is 131 cm³/mol. The van der Waals surface area contributed by atoms with E-state index >= 15 is 0 Å². The van der Waals surface area contributed by atoms with Crippen LogP contribution in [0.15, 0.2) is 66.9 Å². The van der Waals surface area contributed by atoms with E-state index in [-0.39, 0.29) is 22.7 Å². The molecule has 0 fully saturated rings. The number of urea groups is 1. The predicted octanol–water partition coefficient (Wildman–Crippen LogP) is 6.21. The zero-order chi connectivity index (χ0) is 30.4. The van der Waals surface area contributed by atoms with Crippen molar-refractivity contribution in [3.8, 4) is 5.75 Å². The van der Waals surface area contributed by atoms with E-state index in [0.29, 0.717) is 11.6 Å². The topological polar surface area (TPSA) is 83.5 Å². The Morgan fingerprint density at radius 1 is 1.02 bits per heavy atom. The van der Waals surface area contributed by atoms with Gasteiger partial charge in [0.1, 0.15) is 17.1 Å². The molecule has 3 N–H and O–H groups in total. The molecule has 0 aliphatic rings. The number of halogens is 9. The summed E-state index contributed by atoms with van der Waals surface area (Å²) >= 11 is 5.95. The fourth-order valence-electron chi connectivity index (χ4n) is 3.91. The monoisotopic (exact) mass is 611 g/mol. The summed E-state index contributed by atoms with van der Waals surface area (Å²) in [5, 5.41) is 14.4. The van der Waals surface area contributed by atoms with Gasteiger partial charge in [0.25, 0.3) is 0 Å². The molecule has 222 valence electrons. The molecule has 0 unspecified atom stereocenters. The highest BCUT2D eigenvalue weighted by Gasteiger charge is 2.45. The summed E-state index contributed by atoms with van der Waals surface area (Å²) in [5.74, 6) is -2.23. The second kappa shape index (κ2) is 12.9. The van der Waals surface area contributed by atoms with Crippen molar-refractivity contribution in [1.82, 2.24) is 15.6 Å². The first-order valence-corrected chi connectivity index (χ1v) is 12.1. The van der Waals surface area contributed by atoms with Crippen LogP contribution in [0.3, 0.4) is 0 Å². The van der Waals surface area contributed by atoms with Crippen molar-refractivity contribution in [3.05, 3.63) is 94.5 Å². The smallest absolute Gasteiger partial charge is 0.428 e. The van der Waals surface area contributed by atoms with Crippen LogP contribution in [0, 0.1) is 5.82 Å². The lowest BCUT2D eigenvalue weighted by Gasteiger charge is -2.36. The second-order valence-electron chi connectivity index (χ2n) is 8.88. The average molecular weight is 612 g/mol. The number of hydrogen-bond donors (Lipinski definition) is 3. The number of aliphatic hydroxyl groups excluding tert-OH is 1. The maximum atomic E-state index is 14.8. The molecule has 0 spiro atoms. The van der Waals surface area contributed by atoms with Gasteiger partial charge >= 0.3 is 24.7 Å². The van der Waals surface area contributed by atoms with Gasteiger partial charge < -0.3 is 20.5 Å². The standard InChI is InChI=1S/C26H22ClF8N3O3/c27-17-6-7-21(36-13-17)24(11-15-4-2-1-3-5-15,38-23(40)37-14-19(39)12-25(31,32)33)16-8-18(28)10-20(9-16)41-26(34,35)22(29)30/h1-10,13,19,22,39H,11-12,14H2,(H2,37,38,40)/t19-,24+/m1/s1. The number of ether oxygens (including phenoxy) is 1. The van der Waals surface area contributed by atoms with E-state index < -0.39 is 60.9 Å². The minimum absolute atomic E-state index is 0.0473. The van der Waals surface area contributed by atoms with E-state index in [1.54, 1.807) is 30.3 Å². The fraction of sp³-hybridized carbons (Fsp3) is 0.308. The molecule has 0 saturated heterocycles. The summed E-state index contributed by atoms with van der Waals surface area (Å²) in [5.41, 5.74) is -1.84. The Morgan fingerprint density at radius 3 is 2.29 bits per heavy atom. The summed E-state index contributed by atoms with van der Waals surface area (Å²) in [4.78, 5) is 17.2. The van der Waals surface area contributed by atoms with Crippen molar-refractivity contribution in [2.24, 2.45) is 0 Å². The van der Waals surface area contributed by atoms with Gasteiger partial charge in [0.15, 0.2) is 0 Å². The SMILES string of the molecule is O=C(NC[C@H](O)CC(F)(F)F)N[C@@](Cc1ccccc1)(c1cc(F)cc(OC(F)(F)C(F)F)c1)c1ccc(Cl)cn1. The van der Waals surface area contributed by atoms with Crippen LogP contribution in [0.1, 0.15) is 23.2 Å². The van der Waals surface area contributed by atoms with Crippen molar-refractivity contribution in [3.63, 3.8) is 0 Å². The number of carbonyl (C=O) groups is 1. The molecule has 2 amide bonds. The van der Waals surface area contributed by atoms with Crippen molar-refractivity contribution in [2.75, 3.05) is 6.54 Å². The third-order valence-electron chi connectivity index (χ3n) is 5.64. The van der Waals surface area contributed by atoms with Crippen molar-refractivity contribution >= 4 is 17.6 Å². The first-order valence-electron chi connectivity index (χ1n) is 11.7. The highest BCUT2D eigenvalue weighted by atomic mass is 35.5. The molecule has 0 bridgehead atoms. The summed E-state index contributed by atoms with van der Waals surface area (Å²) < 4.78 is 110. The second-order valence-corrected chi connectivity index (χ2v) is 9.31. The molecule has 0 radical (unpaired) electrons. The van der Waals surface area contributed by atoms with E-state index in [0.717, 1.165) is 18.3 Å². The number of aliphatic hydroxyl groups is 1. The van der Waals surface area contributed by atoms with Gasteiger partial charge in [-0.1, -0.05) is 41.9 Å². The van der Waals surface area contributed by atoms with Crippen LogP contribution < -0.4 is 15.4 Å². The van der Waals surface area contributed by atoms with E-state index in [1.165, 1.54) is 12.1 Å². The Bertz CT molecular complexity index is 1310. The maximum Gasteiger partial charge on any atom is 0.461 e. The lowest BCUT2D eigenvalue weighted by atomic mass is 9.80. The third kappa shape index (κ3) is 8.92. The number of nitrogens with zero attached hydrogens (tertiary/aromatic N) is 1. The molecule has 3 aromatic rings. The van der Waals surface area contributed by atoms with E-state index in [9.17, 15) is 45.0 Å². The van der Waals surface area contributed by atoms with Gasteiger partial charge in [-0.2, -0.15) is 30.7 Å². The molecule has 0 aliphatic carbocycles. The average Bonchev–Trinajstić information content (AvgIpc) is 2.86. The van der Waals surface area contributed by atoms with Crippen molar-refractivity contribution < 1.29 is 49.8 Å². The van der Waals surface area contributed by atoms with Gasteiger partial charge in [-0.15, -0.1) is 0 Å². The van der Waals surface area contributed by atoms with Crippen LogP contribution >= 0.6 is 11.6 Å². The van der Waals surface area contributed by atoms with Crippen LogP contribution in [0.2, 0.25) is 5.02 Å². The van der Waals surface area contributed by atoms with Gasteiger partial charge in [-0.3, -0.25) is 4.98 Å². The number of carbonyl (C=O) groups excluding carboxylic acids is 1. The van der Waals surface area contributed by atoms with E-state index in [2.05, 4.69) is 20.4 Å². The van der Waals surface area contributed by atoms with Gasteiger partial charge in [-0.25, -0.2) is 9.18 Å². The number of hydrogen-bond acceptors (Lipinski definition) is 4. The first-order chi connectivity index (χ1) is 19.1. The molecular weight excluding hydrogens is 590 g/mol. The Balaban J connectivity index is 2.13. The molecule has 2 aromatic carbocycles. The number of pyridine rings is 1. The van der Waals surface area contributed by atoms with Crippen molar-refractivity contribution in [1.29, 1.82) is 0 Å². The van der Waals surface area contributed by atoms with E-state index in [1.807, 2.05) is 0 Å². The van der Waals surface area contributed by atoms with Crippen LogP contribution in [0.5, 0.6) is 5.75 Å². The molecule has 0 saturated carbocycles. The minimum Gasteiger partial charge on any atom is -0.428 e. The molecule has 1 heterocycles. The first kappa shape index (κ1) is 31.9. The molecule has 15 heteroatoms. The molecule has 0 aliphatic heterocycles. The highest BCUT2D eigenvalue weighted by molar-refractivity contribution is 6.30. The van der Waals surface area contributed by atoms with Gasteiger partial charge in [0.2, 0.25) is 0 Å². The van der Waals surface area contributed by atoms with Gasteiger partial charge in [-0.05, 0) is 35.4 Å². The fourth-order valence-corrected chi connectivity index (χ4v) is 4.02. The lowest BCUT2D eigenvalue weighted by Crippen LogP contribution is -2.53. The largest absolute Gasteiger partial charge is 0.461 e. The highest BCUT2D eigenvalue weighted by Crippen LogP contribution is 2.37.